The van der Waals surface area contributed by atoms with Gasteiger partial charge in [-0.2, -0.15) is 18.2 Å². The van der Waals surface area contributed by atoms with Crippen LogP contribution in [0.1, 0.15) is 29.8 Å². The van der Waals surface area contributed by atoms with E-state index < -0.39 is 11.7 Å². The van der Waals surface area contributed by atoms with E-state index in [4.69, 9.17) is 9.26 Å². The van der Waals surface area contributed by atoms with Crippen LogP contribution in [0.4, 0.5) is 13.2 Å². The molecule has 2 aromatic carbocycles. The van der Waals surface area contributed by atoms with E-state index in [0.29, 0.717) is 17.8 Å². The van der Waals surface area contributed by atoms with Crippen LogP contribution in [0.5, 0.6) is 5.75 Å². The zero-order valence-corrected chi connectivity index (χ0v) is 15.6. The van der Waals surface area contributed by atoms with E-state index in [1.165, 1.54) is 6.07 Å². The monoisotopic (exact) mass is 403 g/mol. The number of alkyl halides is 3. The highest BCUT2D eigenvalue weighted by atomic mass is 19.4. The van der Waals surface area contributed by atoms with Crippen LogP contribution in [0.2, 0.25) is 0 Å². The van der Waals surface area contributed by atoms with Crippen molar-refractivity contribution in [2.75, 3.05) is 13.1 Å². The van der Waals surface area contributed by atoms with Gasteiger partial charge in [-0.15, -0.1) is 0 Å². The quantitative estimate of drug-likeness (QED) is 0.681. The van der Waals surface area contributed by atoms with Crippen molar-refractivity contribution in [3.8, 4) is 17.2 Å². The average Bonchev–Trinajstić information content (AvgIpc) is 3.17. The molecule has 2 heterocycles. The minimum absolute atomic E-state index is 0.113. The average molecular weight is 403 g/mol. The van der Waals surface area contributed by atoms with Gasteiger partial charge in [0.05, 0.1) is 11.1 Å². The fourth-order valence-corrected chi connectivity index (χ4v) is 3.28. The van der Waals surface area contributed by atoms with Crippen LogP contribution in [0, 0.1) is 0 Å². The highest BCUT2D eigenvalue weighted by Gasteiger charge is 2.32. The highest BCUT2D eigenvalue weighted by molar-refractivity contribution is 5.63. The molecule has 152 valence electrons. The number of benzene rings is 2. The van der Waals surface area contributed by atoms with Crippen molar-refractivity contribution >= 4 is 0 Å². The SMILES string of the molecule is FC(F)(F)c1ccc(-c2nc(Cc3ccccc3)no2)c(OC2CCNCC2)c1. The molecule has 0 bridgehead atoms. The normalized spacial score (nSPS) is 15.4. The summed E-state index contributed by atoms with van der Waals surface area (Å²) in [5.41, 5.74) is 0.607. The van der Waals surface area contributed by atoms with Gasteiger partial charge in [0.1, 0.15) is 11.9 Å². The van der Waals surface area contributed by atoms with Crippen molar-refractivity contribution in [1.82, 2.24) is 15.5 Å². The van der Waals surface area contributed by atoms with Gasteiger partial charge in [-0.3, -0.25) is 0 Å². The molecule has 0 unspecified atom stereocenters. The molecule has 3 aromatic rings. The molecule has 5 nitrogen and oxygen atoms in total. The Labute approximate surface area is 165 Å². The van der Waals surface area contributed by atoms with Crippen LogP contribution in [-0.4, -0.2) is 29.3 Å². The van der Waals surface area contributed by atoms with Crippen LogP contribution >= 0.6 is 0 Å². The van der Waals surface area contributed by atoms with E-state index in [1.54, 1.807) is 0 Å². The molecule has 0 radical (unpaired) electrons. The molecule has 8 heteroatoms. The number of aromatic nitrogens is 2. The van der Waals surface area contributed by atoms with Crippen LogP contribution in [0.25, 0.3) is 11.5 Å². The Morgan fingerprint density at radius 2 is 1.83 bits per heavy atom. The van der Waals surface area contributed by atoms with E-state index in [9.17, 15) is 13.2 Å². The summed E-state index contributed by atoms with van der Waals surface area (Å²) in [5.74, 6) is 0.717. The lowest BCUT2D eigenvalue weighted by atomic mass is 10.1. The number of halogens is 3. The first-order valence-corrected chi connectivity index (χ1v) is 9.44. The zero-order valence-electron chi connectivity index (χ0n) is 15.6. The lowest BCUT2D eigenvalue weighted by molar-refractivity contribution is -0.137. The number of nitrogens with zero attached hydrogens (tertiary/aromatic N) is 2. The maximum atomic E-state index is 13.2. The van der Waals surface area contributed by atoms with Crippen LogP contribution in [0.15, 0.2) is 53.1 Å². The molecule has 0 saturated carbocycles. The fraction of sp³-hybridized carbons (Fsp3) is 0.333. The third-order valence-electron chi connectivity index (χ3n) is 4.79. The Morgan fingerprint density at radius 1 is 1.07 bits per heavy atom. The van der Waals surface area contributed by atoms with Gasteiger partial charge < -0.3 is 14.6 Å². The van der Waals surface area contributed by atoms with Gasteiger partial charge in [0.15, 0.2) is 5.82 Å². The third kappa shape index (κ3) is 4.76. The van der Waals surface area contributed by atoms with E-state index in [1.807, 2.05) is 30.3 Å². The maximum absolute atomic E-state index is 13.2. The van der Waals surface area contributed by atoms with Crippen molar-refractivity contribution in [3.63, 3.8) is 0 Å². The summed E-state index contributed by atoms with van der Waals surface area (Å²) in [6, 6.07) is 13.0. The molecule has 29 heavy (non-hydrogen) atoms. The zero-order chi connectivity index (χ0) is 20.3. The lowest BCUT2D eigenvalue weighted by Gasteiger charge is -2.25. The van der Waals surface area contributed by atoms with Crippen LogP contribution in [0.3, 0.4) is 0 Å². The summed E-state index contributed by atoms with van der Waals surface area (Å²) >= 11 is 0. The molecule has 0 atom stereocenters. The molecule has 0 spiro atoms. The van der Waals surface area contributed by atoms with E-state index in [0.717, 1.165) is 43.6 Å². The molecule has 1 fully saturated rings. The Morgan fingerprint density at radius 3 is 2.55 bits per heavy atom. The van der Waals surface area contributed by atoms with Crippen molar-refractivity contribution in [1.29, 1.82) is 0 Å². The summed E-state index contributed by atoms with van der Waals surface area (Å²) in [6.45, 7) is 1.53. The summed E-state index contributed by atoms with van der Waals surface area (Å²) in [4.78, 5) is 4.37. The van der Waals surface area contributed by atoms with E-state index >= 15 is 0 Å². The summed E-state index contributed by atoms with van der Waals surface area (Å²) in [7, 11) is 0. The molecular weight excluding hydrogens is 383 g/mol. The number of rotatable bonds is 5. The van der Waals surface area contributed by atoms with Gasteiger partial charge in [0, 0.05) is 6.42 Å². The summed E-state index contributed by atoms with van der Waals surface area (Å²) in [6.07, 6.45) is -2.71. The Bertz CT molecular complexity index is 951. The van der Waals surface area contributed by atoms with Crippen molar-refractivity contribution in [2.45, 2.75) is 31.5 Å². The number of hydrogen-bond donors (Lipinski definition) is 1. The Kier molecular flexibility index (Phi) is 5.53. The summed E-state index contributed by atoms with van der Waals surface area (Å²) < 4.78 is 50.9. The Balaban J connectivity index is 1.63. The molecule has 0 amide bonds. The maximum Gasteiger partial charge on any atom is 0.416 e. The van der Waals surface area contributed by atoms with Gasteiger partial charge >= 0.3 is 6.18 Å². The van der Waals surface area contributed by atoms with Gasteiger partial charge in [-0.25, -0.2) is 0 Å². The lowest BCUT2D eigenvalue weighted by Crippen LogP contribution is -2.34. The van der Waals surface area contributed by atoms with E-state index in [2.05, 4.69) is 15.5 Å². The fourth-order valence-electron chi connectivity index (χ4n) is 3.28. The summed E-state index contributed by atoms with van der Waals surface area (Å²) in [5, 5.41) is 7.18. The first-order valence-electron chi connectivity index (χ1n) is 9.44. The standard InChI is InChI=1S/C21H20F3N3O2/c22-21(23,24)15-6-7-17(18(13-15)28-16-8-10-25-11-9-16)20-26-19(27-29-20)12-14-4-2-1-3-5-14/h1-7,13,16,25H,8-12H2. The minimum atomic E-state index is -4.46. The number of nitrogens with one attached hydrogen (secondary N) is 1. The molecular formula is C21H20F3N3O2. The largest absolute Gasteiger partial charge is 0.489 e. The Hall–Kier alpha value is -2.87. The molecule has 1 N–H and O–H groups in total. The predicted octanol–water partition coefficient (Wildman–Crippen LogP) is 4.48. The van der Waals surface area contributed by atoms with Crippen molar-refractivity contribution in [2.24, 2.45) is 0 Å². The molecule has 1 aliphatic rings. The number of piperidine rings is 1. The molecule has 1 aliphatic heterocycles. The minimum Gasteiger partial charge on any atom is -0.489 e. The molecule has 4 rings (SSSR count). The van der Waals surface area contributed by atoms with Gasteiger partial charge in [0.2, 0.25) is 0 Å². The van der Waals surface area contributed by atoms with Gasteiger partial charge in [0.25, 0.3) is 5.89 Å². The van der Waals surface area contributed by atoms with E-state index in [-0.39, 0.29) is 17.7 Å². The topological polar surface area (TPSA) is 60.2 Å². The molecule has 1 aromatic heterocycles. The second-order valence-electron chi connectivity index (χ2n) is 6.95. The second kappa shape index (κ2) is 8.24. The van der Waals surface area contributed by atoms with Crippen LogP contribution < -0.4 is 10.1 Å². The predicted molar refractivity (Wildman–Crippen MR) is 101 cm³/mol. The van der Waals surface area contributed by atoms with Gasteiger partial charge in [-0.05, 0) is 49.7 Å². The highest BCUT2D eigenvalue weighted by Crippen LogP contribution is 2.37. The second-order valence-corrected chi connectivity index (χ2v) is 6.95. The number of hydrogen-bond acceptors (Lipinski definition) is 5. The smallest absolute Gasteiger partial charge is 0.416 e. The molecule has 1 saturated heterocycles. The third-order valence-corrected chi connectivity index (χ3v) is 4.79. The number of ether oxygens (including phenoxy) is 1. The molecule has 0 aliphatic carbocycles. The van der Waals surface area contributed by atoms with Gasteiger partial charge in [-0.1, -0.05) is 35.5 Å². The first-order chi connectivity index (χ1) is 14.0. The van der Waals surface area contributed by atoms with Crippen LogP contribution in [-0.2, 0) is 12.6 Å². The first kappa shape index (κ1) is 19.4. The van der Waals surface area contributed by atoms with Crippen molar-refractivity contribution in [3.05, 3.63) is 65.5 Å². The van der Waals surface area contributed by atoms with Crippen molar-refractivity contribution < 1.29 is 22.4 Å².